The van der Waals surface area contributed by atoms with Crippen molar-refractivity contribution in [3.63, 3.8) is 0 Å². The lowest BCUT2D eigenvalue weighted by atomic mass is 10.0. The molecule has 21 heavy (non-hydrogen) atoms. The molecule has 0 aromatic heterocycles. The van der Waals surface area contributed by atoms with E-state index in [1.165, 1.54) is 17.5 Å². The molecular formula is C18H28N2O. The van der Waals surface area contributed by atoms with Gasteiger partial charge in [-0.3, -0.25) is 4.79 Å². The van der Waals surface area contributed by atoms with Gasteiger partial charge in [0.15, 0.2) is 0 Å². The fraction of sp³-hybridized carbons (Fsp3) is 0.611. The van der Waals surface area contributed by atoms with Crippen molar-refractivity contribution in [2.45, 2.75) is 46.1 Å². The predicted octanol–water partition coefficient (Wildman–Crippen LogP) is 3.16. The summed E-state index contributed by atoms with van der Waals surface area (Å²) in [4.78, 5) is 14.0. The number of hydrogen-bond donors (Lipinski definition) is 1. The van der Waals surface area contributed by atoms with E-state index in [2.05, 4.69) is 50.4 Å². The fourth-order valence-electron chi connectivity index (χ4n) is 3.11. The summed E-state index contributed by atoms with van der Waals surface area (Å²) >= 11 is 0. The van der Waals surface area contributed by atoms with E-state index in [0.29, 0.717) is 18.2 Å². The van der Waals surface area contributed by atoms with E-state index in [9.17, 15) is 4.79 Å². The molecule has 0 radical (unpaired) electrons. The lowest BCUT2D eigenvalue weighted by Gasteiger charge is -2.25. The minimum atomic E-state index is 0.236. The molecule has 3 nitrogen and oxygen atoms in total. The molecule has 1 aromatic carbocycles. The summed E-state index contributed by atoms with van der Waals surface area (Å²) in [5.41, 5.74) is 2.67. The molecule has 2 unspecified atom stereocenters. The molecule has 1 amide bonds. The molecule has 3 heteroatoms. The van der Waals surface area contributed by atoms with Crippen LogP contribution in [0.2, 0.25) is 0 Å². The first-order chi connectivity index (χ1) is 10.1. The average Bonchev–Trinajstić information content (AvgIpc) is 2.78. The Kier molecular flexibility index (Phi) is 5.80. The summed E-state index contributed by atoms with van der Waals surface area (Å²) in [6.45, 7) is 9.07. The Morgan fingerprint density at radius 2 is 2.00 bits per heavy atom. The number of nitrogens with one attached hydrogen (secondary N) is 1. The second-order valence-electron chi connectivity index (χ2n) is 6.21. The van der Waals surface area contributed by atoms with Gasteiger partial charge < -0.3 is 10.2 Å². The smallest absolute Gasteiger partial charge is 0.222 e. The highest BCUT2D eigenvalue weighted by molar-refractivity contribution is 5.78. The first kappa shape index (κ1) is 16.0. The summed E-state index contributed by atoms with van der Waals surface area (Å²) in [6, 6.07) is 9.10. The van der Waals surface area contributed by atoms with Crippen molar-refractivity contribution < 1.29 is 4.79 Å². The highest BCUT2D eigenvalue weighted by Gasteiger charge is 2.28. The predicted molar refractivity (Wildman–Crippen MR) is 87.2 cm³/mol. The van der Waals surface area contributed by atoms with Gasteiger partial charge in [-0.15, -0.1) is 0 Å². The molecule has 2 rings (SSSR count). The number of likely N-dealkylation sites (N-methyl/N-ethyl adjacent to an activating group) is 1. The van der Waals surface area contributed by atoms with Gasteiger partial charge in [0.25, 0.3) is 0 Å². The number of rotatable bonds is 7. The summed E-state index contributed by atoms with van der Waals surface area (Å²) in [7, 11) is 0. The van der Waals surface area contributed by atoms with Crippen molar-refractivity contribution in [1.82, 2.24) is 10.2 Å². The van der Waals surface area contributed by atoms with Crippen LogP contribution in [-0.4, -0.2) is 30.4 Å². The van der Waals surface area contributed by atoms with Gasteiger partial charge in [-0.05, 0) is 30.0 Å². The molecule has 1 aliphatic rings. The van der Waals surface area contributed by atoms with Crippen LogP contribution in [0.3, 0.4) is 0 Å². The molecule has 0 bridgehead atoms. The molecule has 1 heterocycles. The third kappa shape index (κ3) is 4.31. The molecule has 0 aliphatic carbocycles. The zero-order valence-corrected chi connectivity index (χ0v) is 13.6. The summed E-state index contributed by atoms with van der Waals surface area (Å²) in [5.74, 6) is 0.791. The van der Waals surface area contributed by atoms with Crippen LogP contribution < -0.4 is 5.32 Å². The van der Waals surface area contributed by atoms with Crippen LogP contribution in [0, 0.1) is 5.92 Å². The Morgan fingerprint density at radius 3 is 2.52 bits per heavy atom. The number of amides is 1. The number of nitrogens with zero attached hydrogens (tertiary/aromatic N) is 1. The molecule has 2 atom stereocenters. The SMILES string of the molecule is CCCc1ccc(C(CN2CC(C)CC2=O)NCC)cc1. The second-order valence-corrected chi connectivity index (χ2v) is 6.21. The molecule has 1 saturated heterocycles. The maximum absolute atomic E-state index is 12.0. The first-order valence-electron chi connectivity index (χ1n) is 8.24. The minimum Gasteiger partial charge on any atom is -0.340 e. The monoisotopic (exact) mass is 288 g/mol. The number of likely N-dealkylation sites (tertiary alicyclic amines) is 1. The zero-order valence-electron chi connectivity index (χ0n) is 13.6. The maximum atomic E-state index is 12.0. The van der Waals surface area contributed by atoms with Gasteiger partial charge >= 0.3 is 0 Å². The lowest BCUT2D eigenvalue weighted by Crippen LogP contribution is -2.36. The van der Waals surface area contributed by atoms with Crippen molar-refractivity contribution >= 4 is 5.91 Å². The number of hydrogen-bond acceptors (Lipinski definition) is 2. The van der Waals surface area contributed by atoms with Crippen LogP contribution in [0.25, 0.3) is 0 Å². The van der Waals surface area contributed by atoms with Gasteiger partial charge in [0, 0.05) is 25.6 Å². The summed E-state index contributed by atoms with van der Waals surface area (Å²) in [5, 5.41) is 3.52. The summed E-state index contributed by atoms with van der Waals surface area (Å²) in [6.07, 6.45) is 3.01. The van der Waals surface area contributed by atoms with Gasteiger partial charge in [-0.1, -0.05) is 51.5 Å². The van der Waals surface area contributed by atoms with Crippen LogP contribution >= 0.6 is 0 Å². The maximum Gasteiger partial charge on any atom is 0.222 e. The van der Waals surface area contributed by atoms with E-state index < -0.39 is 0 Å². The molecule has 1 aliphatic heterocycles. The Balaban J connectivity index is 2.05. The molecular weight excluding hydrogens is 260 g/mol. The Morgan fingerprint density at radius 1 is 1.29 bits per heavy atom. The standard InChI is InChI=1S/C18H28N2O/c1-4-6-15-7-9-16(10-8-15)17(19-5-2)13-20-12-14(3)11-18(20)21/h7-10,14,17,19H,4-6,11-13H2,1-3H3. The molecule has 1 N–H and O–H groups in total. The van der Waals surface area contributed by atoms with E-state index in [1.54, 1.807) is 0 Å². The van der Waals surface area contributed by atoms with E-state index in [0.717, 1.165) is 26.1 Å². The molecule has 0 saturated carbocycles. The highest BCUT2D eigenvalue weighted by Crippen LogP contribution is 2.22. The number of benzene rings is 1. The van der Waals surface area contributed by atoms with Crippen molar-refractivity contribution in [1.29, 1.82) is 0 Å². The molecule has 1 aromatic rings. The third-order valence-electron chi connectivity index (χ3n) is 4.18. The Labute approximate surface area is 128 Å². The molecule has 116 valence electrons. The lowest BCUT2D eigenvalue weighted by molar-refractivity contribution is -0.128. The highest BCUT2D eigenvalue weighted by atomic mass is 16.2. The van der Waals surface area contributed by atoms with E-state index in [-0.39, 0.29) is 6.04 Å². The largest absolute Gasteiger partial charge is 0.340 e. The van der Waals surface area contributed by atoms with Crippen LogP contribution in [0.5, 0.6) is 0 Å². The van der Waals surface area contributed by atoms with E-state index in [4.69, 9.17) is 0 Å². The number of aryl methyl sites for hydroxylation is 1. The molecule has 0 spiro atoms. The van der Waals surface area contributed by atoms with Crippen molar-refractivity contribution in [2.75, 3.05) is 19.6 Å². The van der Waals surface area contributed by atoms with E-state index >= 15 is 0 Å². The van der Waals surface area contributed by atoms with Gasteiger partial charge in [0.1, 0.15) is 0 Å². The van der Waals surface area contributed by atoms with Crippen molar-refractivity contribution in [3.05, 3.63) is 35.4 Å². The van der Waals surface area contributed by atoms with Crippen molar-refractivity contribution in [2.24, 2.45) is 5.92 Å². The van der Waals surface area contributed by atoms with Gasteiger partial charge in [-0.2, -0.15) is 0 Å². The van der Waals surface area contributed by atoms with E-state index in [1.807, 2.05) is 4.90 Å². The quantitative estimate of drug-likeness (QED) is 0.836. The Bertz CT molecular complexity index is 455. The first-order valence-corrected chi connectivity index (χ1v) is 8.24. The normalized spacial score (nSPS) is 20.0. The zero-order chi connectivity index (χ0) is 15.2. The Hall–Kier alpha value is -1.35. The van der Waals surface area contributed by atoms with Crippen LogP contribution in [0.15, 0.2) is 24.3 Å². The number of carbonyl (C=O) groups excluding carboxylic acids is 1. The average molecular weight is 288 g/mol. The fourth-order valence-corrected chi connectivity index (χ4v) is 3.11. The minimum absolute atomic E-state index is 0.236. The topological polar surface area (TPSA) is 32.3 Å². The summed E-state index contributed by atoms with van der Waals surface area (Å²) < 4.78 is 0. The van der Waals surface area contributed by atoms with Crippen molar-refractivity contribution in [3.8, 4) is 0 Å². The van der Waals surface area contributed by atoms with Gasteiger partial charge in [0.2, 0.25) is 5.91 Å². The number of carbonyl (C=O) groups is 1. The van der Waals surface area contributed by atoms with Gasteiger partial charge in [0.05, 0.1) is 0 Å². The van der Waals surface area contributed by atoms with Crippen LogP contribution in [-0.2, 0) is 11.2 Å². The van der Waals surface area contributed by atoms with Crippen LogP contribution in [0.1, 0.15) is 50.8 Å². The van der Waals surface area contributed by atoms with Crippen LogP contribution in [0.4, 0.5) is 0 Å². The third-order valence-corrected chi connectivity index (χ3v) is 4.18. The molecule has 1 fully saturated rings. The second kappa shape index (κ2) is 7.60. The van der Waals surface area contributed by atoms with Gasteiger partial charge in [-0.25, -0.2) is 0 Å².